The zero-order valence-corrected chi connectivity index (χ0v) is 11.4. The fourth-order valence-electron chi connectivity index (χ4n) is 2.64. The second kappa shape index (κ2) is 4.38. The Morgan fingerprint density at radius 1 is 0.952 bits per heavy atom. The lowest BCUT2D eigenvalue weighted by Crippen LogP contribution is -1.89. The Balaban J connectivity index is 1.94. The Hall–Kier alpha value is -2.75. The van der Waals surface area contributed by atoms with Crippen LogP contribution in [0.2, 0.25) is 0 Å². The fourth-order valence-corrected chi connectivity index (χ4v) is 2.64. The largest absolute Gasteiger partial charge is 0.354 e. The first-order chi connectivity index (χ1) is 10.2. The van der Waals surface area contributed by atoms with Gasteiger partial charge in [0.05, 0.1) is 0 Å². The van der Waals surface area contributed by atoms with Crippen LogP contribution < -0.4 is 0 Å². The number of hydrogen-bond acceptors (Lipinski definition) is 2. The van der Waals surface area contributed by atoms with E-state index in [1.54, 1.807) is 19.3 Å². The normalized spacial score (nSPS) is 11.3. The lowest BCUT2D eigenvalue weighted by atomic mass is 10.0. The number of benzene rings is 1. The molecule has 3 heterocycles. The average Bonchev–Trinajstić information content (AvgIpc) is 2.87. The quantitative estimate of drug-likeness (QED) is 0.529. The van der Waals surface area contributed by atoms with Crippen molar-refractivity contribution in [3.63, 3.8) is 0 Å². The molecule has 0 spiro atoms. The smallest absolute Gasteiger partial charge is 0.215 e. The van der Waals surface area contributed by atoms with Crippen molar-refractivity contribution < 1.29 is 4.39 Å². The maximum absolute atomic E-state index is 13.3. The molecule has 21 heavy (non-hydrogen) atoms. The lowest BCUT2D eigenvalue weighted by Gasteiger charge is -2.03. The standard InChI is InChI=1S/C17H12FN3/c1-10-6-12(8-20-17(10)18)11-2-3-13-14-9-19-5-4-15(14)21-16(13)7-11/h2-9,21H,1H3. The monoisotopic (exact) mass is 277 g/mol. The number of hydrogen-bond donors (Lipinski definition) is 1. The summed E-state index contributed by atoms with van der Waals surface area (Å²) < 4.78 is 13.3. The van der Waals surface area contributed by atoms with Gasteiger partial charge < -0.3 is 4.98 Å². The van der Waals surface area contributed by atoms with Crippen molar-refractivity contribution in [1.82, 2.24) is 15.0 Å². The van der Waals surface area contributed by atoms with E-state index < -0.39 is 5.95 Å². The van der Waals surface area contributed by atoms with Crippen LogP contribution in [0.1, 0.15) is 5.56 Å². The summed E-state index contributed by atoms with van der Waals surface area (Å²) in [6.45, 7) is 1.72. The summed E-state index contributed by atoms with van der Waals surface area (Å²) in [5.41, 5.74) is 4.57. The molecule has 0 aliphatic carbocycles. The van der Waals surface area contributed by atoms with Crippen LogP contribution in [0.15, 0.2) is 48.9 Å². The van der Waals surface area contributed by atoms with Crippen molar-refractivity contribution in [2.75, 3.05) is 0 Å². The van der Waals surface area contributed by atoms with E-state index in [2.05, 4.69) is 27.1 Å². The molecule has 102 valence electrons. The van der Waals surface area contributed by atoms with Gasteiger partial charge in [0.25, 0.3) is 0 Å². The zero-order valence-electron chi connectivity index (χ0n) is 11.4. The van der Waals surface area contributed by atoms with Crippen LogP contribution in [0.4, 0.5) is 4.39 Å². The maximum atomic E-state index is 13.3. The SMILES string of the molecule is Cc1cc(-c2ccc3c(c2)[nH]c2ccncc23)cnc1F. The van der Waals surface area contributed by atoms with Gasteiger partial charge >= 0.3 is 0 Å². The number of aromatic amines is 1. The van der Waals surface area contributed by atoms with E-state index in [0.717, 1.165) is 32.9 Å². The number of rotatable bonds is 1. The third-order valence-electron chi connectivity index (χ3n) is 3.75. The van der Waals surface area contributed by atoms with E-state index in [9.17, 15) is 4.39 Å². The predicted molar refractivity (Wildman–Crippen MR) is 81.5 cm³/mol. The Labute approximate surface area is 120 Å². The summed E-state index contributed by atoms with van der Waals surface area (Å²) >= 11 is 0. The van der Waals surface area contributed by atoms with E-state index in [1.165, 1.54) is 0 Å². The van der Waals surface area contributed by atoms with Gasteiger partial charge in [0.1, 0.15) is 0 Å². The van der Waals surface area contributed by atoms with Gasteiger partial charge in [-0.15, -0.1) is 0 Å². The number of pyridine rings is 2. The summed E-state index contributed by atoms with van der Waals surface area (Å²) in [6.07, 6.45) is 5.19. The molecule has 0 radical (unpaired) electrons. The molecule has 0 bridgehead atoms. The first-order valence-corrected chi connectivity index (χ1v) is 6.70. The van der Waals surface area contributed by atoms with E-state index >= 15 is 0 Å². The highest BCUT2D eigenvalue weighted by Gasteiger charge is 2.07. The summed E-state index contributed by atoms with van der Waals surface area (Å²) in [7, 11) is 0. The summed E-state index contributed by atoms with van der Waals surface area (Å²) in [5.74, 6) is -0.420. The van der Waals surface area contributed by atoms with Gasteiger partial charge in [0.2, 0.25) is 5.95 Å². The Morgan fingerprint density at radius 3 is 2.71 bits per heavy atom. The van der Waals surface area contributed by atoms with Crippen molar-refractivity contribution >= 4 is 21.8 Å². The van der Waals surface area contributed by atoms with Gasteiger partial charge in [-0.05, 0) is 30.7 Å². The molecule has 0 atom stereocenters. The van der Waals surface area contributed by atoms with Crippen molar-refractivity contribution in [3.05, 3.63) is 60.4 Å². The van der Waals surface area contributed by atoms with Crippen LogP contribution in [0.25, 0.3) is 32.9 Å². The molecule has 0 saturated heterocycles. The number of H-pyrrole nitrogens is 1. The molecule has 4 aromatic rings. The zero-order chi connectivity index (χ0) is 14.4. The van der Waals surface area contributed by atoms with Gasteiger partial charge in [-0.25, -0.2) is 4.98 Å². The first-order valence-electron chi connectivity index (χ1n) is 6.70. The highest BCUT2D eigenvalue weighted by Crippen LogP contribution is 2.29. The number of halogens is 1. The molecule has 0 amide bonds. The summed E-state index contributed by atoms with van der Waals surface area (Å²) in [6, 6.07) is 9.91. The highest BCUT2D eigenvalue weighted by molar-refractivity contribution is 6.07. The topological polar surface area (TPSA) is 41.6 Å². The summed E-state index contributed by atoms with van der Waals surface area (Å²) in [4.78, 5) is 11.3. The average molecular weight is 277 g/mol. The van der Waals surface area contributed by atoms with Crippen molar-refractivity contribution in [3.8, 4) is 11.1 Å². The van der Waals surface area contributed by atoms with E-state index in [1.807, 2.05) is 24.4 Å². The molecule has 1 N–H and O–H groups in total. The lowest BCUT2D eigenvalue weighted by molar-refractivity contribution is 0.575. The van der Waals surface area contributed by atoms with Crippen LogP contribution in [0.5, 0.6) is 0 Å². The number of aromatic nitrogens is 3. The van der Waals surface area contributed by atoms with E-state index in [0.29, 0.717) is 5.56 Å². The fraction of sp³-hybridized carbons (Fsp3) is 0.0588. The second-order valence-electron chi connectivity index (χ2n) is 5.14. The van der Waals surface area contributed by atoms with Crippen LogP contribution in [0.3, 0.4) is 0 Å². The molecule has 1 aromatic carbocycles. The second-order valence-corrected chi connectivity index (χ2v) is 5.14. The highest BCUT2D eigenvalue weighted by atomic mass is 19.1. The van der Waals surface area contributed by atoms with E-state index in [-0.39, 0.29) is 0 Å². The van der Waals surface area contributed by atoms with Gasteiger partial charge in [0, 0.05) is 51.5 Å². The van der Waals surface area contributed by atoms with Crippen LogP contribution in [-0.2, 0) is 0 Å². The maximum Gasteiger partial charge on any atom is 0.215 e. The molecule has 0 aliphatic heterocycles. The molecule has 4 heteroatoms. The van der Waals surface area contributed by atoms with Gasteiger partial charge in [-0.2, -0.15) is 4.39 Å². The third kappa shape index (κ3) is 1.88. The van der Waals surface area contributed by atoms with E-state index in [4.69, 9.17) is 0 Å². The molecular formula is C17H12FN3. The minimum absolute atomic E-state index is 0.420. The van der Waals surface area contributed by atoms with Gasteiger partial charge in [0.15, 0.2) is 0 Å². The number of nitrogens with zero attached hydrogens (tertiary/aromatic N) is 2. The van der Waals surface area contributed by atoms with Crippen LogP contribution in [-0.4, -0.2) is 15.0 Å². The molecule has 3 nitrogen and oxygen atoms in total. The molecule has 3 aromatic heterocycles. The molecule has 0 fully saturated rings. The Morgan fingerprint density at radius 2 is 1.86 bits per heavy atom. The van der Waals surface area contributed by atoms with Gasteiger partial charge in [-0.1, -0.05) is 12.1 Å². The van der Waals surface area contributed by atoms with Crippen LogP contribution in [0, 0.1) is 12.9 Å². The summed E-state index contributed by atoms with van der Waals surface area (Å²) in [5, 5.41) is 2.24. The number of aryl methyl sites for hydroxylation is 1. The molecule has 4 rings (SSSR count). The van der Waals surface area contributed by atoms with Crippen molar-refractivity contribution in [2.24, 2.45) is 0 Å². The Bertz CT molecular complexity index is 972. The number of nitrogens with one attached hydrogen (secondary N) is 1. The number of fused-ring (bicyclic) bond motifs is 3. The molecular weight excluding hydrogens is 265 g/mol. The van der Waals surface area contributed by atoms with Crippen LogP contribution >= 0.6 is 0 Å². The molecule has 0 unspecified atom stereocenters. The van der Waals surface area contributed by atoms with Crippen molar-refractivity contribution in [1.29, 1.82) is 0 Å². The minimum Gasteiger partial charge on any atom is -0.354 e. The molecule has 0 aliphatic rings. The first kappa shape index (κ1) is 12.0. The predicted octanol–water partition coefficient (Wildman–Crippen LogP) is 4.23. The third-order valence-corrected chi connectivity index (χ3v) is 3.75. The minimum atomic E-state index is -0.420. The van der Waals surface area contributed by atoms with Gasteiger partial charge in [-0.3, -0.25) is 4.98 Å². The molecule has 0 saturated carbocycles. The van der Waals surface area contributed by atoms with Crippen molar-refractivity contribution in [2.45, 2.75) is 6.92 Å². The Kier molecular flexibility index (Phi) is 2.51.